The van der Waals surface area contributed by atoms with Crippen LogP contribution in [0.4, 0.5) is 17.6 Å². The third-order valence-corrected chi connectivity index (χ3v) is 4.37. The summed E-state index contributed by atoms with van der Waals surface area (Å²) in [5.74, 6) is -1.21. The SMILES string of the molecule is Fc1ccc(C2(C[C@@H]3COCCN3)CC2)cc1C(F)(F)F. The van der Waals surface area contributed by atoms with Gasteiger partial charge < -0.3 is 10.1 Å². The van der Waals surface area contributed by atoms with Crippen LogP contribution in [0.5, 0.6) is 0 Å². The van der Waals surface area contributed by atoms with Gasteiger partial charge in [-0.2, -0.15) is 13.2 Å². The average molecular weight is 303 g/mol. The predicted molar refractivity (Wildman–Crippen MR) is 69.5 cm³/mol. The highest BCUT2D eigenvalue weighted by molar-refractivity contribution is 5.36. The molecule has 0 unspecified atom stereocenters. The summed E-state index contributed by atoms with van der Waals surface area (Å²) in [7, 11) is 0. The lowest BCUT2D eigenvalue weighted by atomic mass is 9.87. The number of morpholine rings is 1. The molecule has 1 aliphatic carbocycles. The molecular weight excluding hydrogens is 286 g/mol. The maximum absolute atomic E-state index is 13.4. The Morgan fingerprint density at radius 2 is 2.05 bits per heavy atom. The quantitative estimate of drug-likeness (QED) is 0.866. The molecule has 2 nitrogen and oxygen atoms in total. The Kier molecular flexibility index (Phi) is 3.69. The van der Waals surface area contributed by atoms with E-state index in [0.717, 1.165) is 37.9 Å². The lowest BCUT2D eigenvalue weighted by molar-refractivity contribution is -0.140. The maximum Gasteiger partial charge on any atom is 0.419 e. The Bertz CT molecular complexity index is 519. The number of hydrogen-bond donors (Lipinski definition) is 1. The second kappa shape index (κ2) is 5.25. The summed E-state index contributed by atoms with van der Waals surface area (Å²) < 4.78 is 57.2. The first-order chi connectivity index (χ1) is 9.91. The number of halogens is 4. The summed E-state index contributed by atoms with van der Waals surface area (Å²) in [6.07, 6.45) is -2.24. The van der Waals surface area contributed by atoms with Crippen LogP contribution in [0.25, 0.3) is 0 Å². The van der Waals surface area contributed by atoms with Gasteiger partial charge in [-0.05, 0) is 42.4 Å². The fourth-order valence-electron chi connectivity index (χ4n) is 3.06. The normalized spacial score (nSPS) is 24.9. The highest BCUT2D eigenvalue weighted by Gasteiger charge is 2.47. The van der Waals surface area contributed by atoms with E-state index in [2.05, 4.69) is 5.32 Å². The van der Waals surface area contributed by atoms with Crippen LogP contribution in [0.2, 0.25) is 0 Å². The van der Waals surface area contributed by atoms with E-state index < -0.39 is 17.6 Å². The van der Waals surface area contributed by atoms with Gasteiger partial charge in [0.2, 0.25) is 0 Å². The molecule has 2 fully saturated rings. The van der Waals surface area contributed by atoms with Gasteiger partial charge in [0.25, 0.3) is 0 Å². The van der Waals surface area contributed by atoms with Crippen LogP contribution in [-0.4, -0.2) is 25.8 Å². The molecule has 0 radical (unpaired) electrons. The first kappa shape index (κ1) is 14.8. The zero-order valence-corrected chi connectivity index (χ0v) is 11.5. The Morgan fingerprint density at radius 1 is 1.29 bits per heavy atom. The molecular formula is C15H17F4NO. The van der Waals surface area contributed by atoms with Crippen molar-refractivity contribution in [3.8, 4) is 0 Å². The van der Waals surface area contributed by atoms with E-state index >= 15 is 0 Å². The molecule has 21 heavy (non-hydrogen) atoms. The molecule has 116 valence electrons. The van der Waals surface area contributed by atoms with Crippen molar-refractivity contribution in [2.75, 3.05) is 19.8 Å². The minimum atomic E-state index is -4.65. The van der Waals surface area contributed by atoms with Gasteiger partial charge in [-0.25, -0.2) is 4.39 Å². The molecule has 0 spiro atoms. The van der Waals surface area contributed by atoms with Crippen molar-refractivity contribution in [2.24, 2.45) is 0 Å². The van der Waals surface area contributed by atoms with E-state index in [-0.39, 0.29) is 11.5 Å². The van der Waals surface area contributed by atoms with Crippen LogP contribution in [0.3, 0.4) is 0 Å². The van der Waals surface area contributed by atoms with E-state index in [9.17, 15) is 17.6 Å². The first-order valence-electron chi connectivity index (χ1n) is 7.09. The molecule has 1 N–H and O–H groups in total. The summed E-state index contributed by atoms with van der Waals surface area (Å²) in [6, 6.07) is 3.55. The van der Waals surface area contributed by atoms with Crippen molar-refractivity contribution in [3.05, 3.63) is 35.1 Å². The van der Waals surface area contributed by atoms with E-state index in [1.165, 1.54) is 6.07 Å². The Morgan fingerprint density at radius 3 is 2.62 bits per heavy atom. The molecule has 2 aliphatic rings. The van der Waals surface area contributed by atoms with Crippen LogP contribution in [0, 0.1) is 5.82 Å². The molecule has 1 aromatic rings. The molecule has 0 bridgehead atoms. The molecule has 3 rings (SSSR count). The zero-order valence-electron chi connectivity index (χ0n) is 11.5. The van der Waals surface area contributed by atoms with E-state index in [4.69, 9.17) is 4.74 Å². The molecule has 1 saturated carbocycles. The van der Waals surface area contributed by atoms with Crippen molar-refractivity contribution in [2.45, 2.75) is 36.9 Å². The van der Waals surface area contributed by atoms with Crippen LogP contribution in [0.15, 0.2) is 18.2 Å². The van der Waals surface area contributed by atoms with Gasteiger partial charge in [0, 0.05) is 12.6 Å². The second-order valence-electron chi connectivity index (χ2n) is 5.90. The summed E-state index contributed by atoms with van der Waals surface area (Å²) in [6.45, 7) is 2.01. The molecule has 1 aromatic carbocycles. The number of ether oxygens (including phenoxy) is 1. The lowest BCUT2D eigenvalue weighted by Gasteiger charge is -2.28. The Balaban J connectivity index is 1.82. The van der Waals surface area contributed by atoms with Gasteiger partial charge in [0.05, 0.1) is 18.8 Å². The highest BCUT2D eigenvalue weighted by atomic mass is 19.4. The van der Waals surface area contributed by atoms with Gasteiger partial charge >= 0.3 is 6.18 Å². The minimum Gasteiger partial charge on any atom is -0.379 e. The smallest absolute Gasteiger partial charge is 0.379 e. The summed E-state index contributed by atoms with van der Waals surface area (Å²) in [4.78, 5) is 0. The summed E-state index contributed by atoms with van der Waals surface area (Å²) >= 11 is 0. The fourth-order valence-corrected chi connectivity index (χ4v) is 3.06. The summed E-state index contributed by atoms with van der Waals surface area (Å²) in [5, 5.41) is 3.32. The van der Waals surface area contributed by atoms with Gasteiger partial charge in [-0.3, -0.25) is 0 Å². The third kappa shape index (κ3) is 3.06. The minimum absolute atomic E-state index is 0.153. The van der Waals surface area contributed by atoms with Crippen LogP contribution < -0.4 is 5.32 Å². The van der Waals surface area contributed by atoms with Crippen molar-refractivity contribution in [3.63, 3.8) is 0 Å². The van der Waals surface area contributed by atoms with Crippen LogP contribution in [0.1, 0.15) is 30.4 Å². The van der Waals surface area contributed by atoms with Crippen molar-refractivity contribution in [1.29, 1.82) is 0 Å². The van der Waals surface area contributed by atoms with Gasteiger partial charge in [-0.15, -0.1) is 0 Å². The predicted octanol–water partition coefficient (Wildman–Crippen LogP) is 3.25. The lowest BCUT2D eigenvalue weighted by Crippen LogP contribution is -2.43. The average Bonchev–Trinajstić information content (AvgIpc) is 3.20. The molecule has 0 amide bonds. The van der Waals surface area contributed by atoms with Crippen LogP contribution in [-0.2, 0) is 16.3 Å². The van der Waals surface area contributed by atoms with Crippen LogP contribution >= 0.6 is 0 Å². The van der Waals surface area contributed by atoms with Gasteiger partial charge in [-0.1, -0.05) is 6.07 Å². The van der Waals surface area contributed by atoms with E-state index in [1.807, 2.05) is 0 Å². The number of rotatable bonds is 3. The van der Waals surface area contributed by atoms with Crippen molar-refractivity contribution in [1.82, 2.24) is 5.32 Å². The van der Waals surface area contributed by atoms with Crippen molar-refractivity contribution < 1.29 is 22.3 Å². The topological polar surface area (TPSA) is 21.3 Å². The largest absolute Gasteiger partial charge is 0.419 e. The fraction of sp³-hybridized carbons (Fsp3) is 0.600. The number of alkyl halides is 3. The standard InChI is InChI=1S/C15H17F4NO/c16-13-2-1-10(7-12(13)15(17,18)19)14(3-4-14)8-11-9-21-6-5-20-11/h1-2,7,11,20H,3-6,8-9H2/t11-/m1/s1. The molecule has 1 aliphatic heterocycles. The number of hydrogen-bond acceptors (Lipinski definition) is 2. The molecule has 6 heteroatoms. The number of benzene rings is 1. The Hall–Kier alpha value is -1.14. The molecule has 1 saturated heterocycles. The van der Waals surface area contributed by atoms with Crippen molar-refractivity contribution >= 4 is 0 Å². The van der Waals surface area contributed by atoms with Gasteiger partial charge in [0.1, 0.15) is 5.82 Å². The first-order valence-corrected chi connectivity index (χ1v) is 7.09. The van der Waals surface area contributed by atoms with E-state index in [0.29, 0.717) is 18.8 Å². The highest BCUT2D eigenvalue weighted by Crippen LogP contribution is 2.52. The summed E-state index contributed by atoms with van der Waals surface area (Å²) in [5.41, 5.74) is -0.839. The molecule has 1 heterocycles. The maximum atomic E-state index is 13.4. The van der Waals surface area contributed by atoms with Gasteiger partial charge in [0.15, 0.2) is 0 Å². The second-order valence-corrected chi connectivity index (χ2v) is 5.90. The zero-order chi connectivity index (χ0) is 15.1. The number of nitrogens with one attached hydrogen (secondary N) is 1. The monoisotopic (exact) mass is 303 g/mol. The molecule has 1 atom stereocenters. The molecule has 0 aromatic heterocycles. The Labute approximate surface area is 120 Å². The van der Waals surface area contributed by atoms with E-state index in [1.54, 1.807) is 0 Å². The third-order valence-electron chi connectivity index (χ3n) is 4.37.